The van der Waals surface area contributed by atoms with Crippen molar-refractivity contribution in [3.63, 3.8) is 0 Å². The lowest BCUT2D eigenvalue weighted by Gasteiger charge is -2.06. The van der Waals surface area contributed by atoms with Crippen LogP contribution in [0.2, 0.25) is 0 Å². The zero-order valence-corrected chi connectivity index (χ0v) is 10.1. The van der Waals surface area contributed by atoms with Gasteiger partial charge < -0.3 is 9.84 Å². The van der Waals surface area contributed by atoms with E-state index in [-0.39, 0.29) is 6.61 Å². The first-order chi connectivity index (χ1) is 7.80. The smallest absolute Gasteiger partial charge is 0.119 e. The second-order valence-electron chi connectivity index (χ2n) is 3.74. The van der Waals surface area contributed by atoms with E-state index in [2.05, 4.69) is 6.92 Å². The van der Waals surface area contributed by atoms with Gasteiger partial charge in [-0.25, -0.2) is 0 Å². The van der Waals surface area contributed by atoms with Crippen LogP contribution in [0.25, 0.3) is 6.08 Å². The summed E-state index contributed by atoms with van der Waals surface area (Å²) in [6.07, 6.45) is 3.90. The van der Waals surface area contributed by atoms with Crippen molar-refractivity contribution in [1.29, 1.82) is 0 Å². The maximum absolute atomic E-state index is 9.10. The van der Waals surface area contributed by atoms with Crippen molar-refractivity contribution in [1.82, 2.24) is 0 Å². The lowest BCUT2D eigenvalue weighted by molar-refractivity contribution is 0.317. The fourth-order valence-electron chi connectivity index (χ4n) is 1.41. The summed E-state index contributed by atoms with van der Waals surface area (Å²) >= 11 is 0. The molecule has 1 aromatic carbocycles. The van der Waals surface area contributed by atoms with Gasteiger partial charge in [0.2, 0.25) is 0 Å². The van der Waals surface area contributed by atoms with Gasteiger partial charge in [0.25, 0.3) is 0 Å². The Hall–Kier alpha value is -1.28. The summed E-state index contributed by atoms with van der Waals surface area (Å²) in [5, 5.41) is 9.10. The molecule has 1 aromatic rings. The minimum Gasteiger partial charge on any atom is -0.494 e. The first-order valence-corrected chi connectivity index (χ1v) is 5.83. The largest absolute Gasteiger partial charge is 0.494 e. The predicted octanol–water partition coefficient (Wildman–Crippen LogP) is 3.26. The number of hydrogen-bond acceptors (Lipinski definition) is 2. The van der Waals surface area contributed by atoms with Crippen LogP contribution < -0.4 is 4.74 Å². The van der Waals surface area contributed by atoms with Crippen molar-refractivity contribution in [3.05, 3.63) is 35.4 Å². The Bertz CT molecular complexity index is 336. The summed E-state index contributed by atoms with van der Waals surface area (Å²) in [4.78, 5) is 0. The van der Waals surface area contributed by atoms with Gasteiger partial charge in [-0.05, 0) is 36.1 Å². The molecule has 2 heteroatoms. The van der Waals surface area contributed by atoms with Crippen molar-refractivity contribution in [2.24, 2.45) is 0 Å². The highest BCUT2D eigenvalue weighted by molar-refractivity contribution is 5.54. The van der Waals surface area contributed by atoms with Gasteiger partial charge in [0.05, 0.1) is 13.2 Å². The van der Waals surface area contributed by atoms with Gasteiger partial charge >= 0.3 is 0 Å². The van der Waals surface area contributed by atoms with Crippen LogP contribution in [0.3, 0.4) is 0 Å². The Morgan fingerprint density at radius 3 is 2.81 bits per heavy atom. The third-order valence-corrected chi connectivity index (χ3v) is 2.36. The number of hydrogen-bond donors (Lipinski definition) is 1. The summed E-state index contributed by atoms with van der Waals surface area (Å²) in [5.41, 5.74) is 2.12. The van der Waals surface area contributed by atoms with E-state index in [1.807, 2.05) is 37.3 Å². The molecule has 1 rings (SSSR count). The summed E-state index contributed by atoms with van der Waals surface area (Å²) in [5.74, 6) is 0.893. The van der Waals surface area contributed by atoms with Crippen LogP contribution in [-0.4, -0.2) is 18.3 Å². The van der Waals surface area contributed by atoms with Crippen LogP contribution >= 0.6 is 0 Å². The van der Waals surface area contributed by atoms with E-state index < -0.39 is 0 Å². The van der Waals surface area contributed by atoms with Crippen LogP contribution in [0.5, 0.6) is 5.75 Å². The van der Waals surface area contributed by atoms with Gasteiger partial charge in [-0.2, -0.15) is 0 Å². The Morgan fingerprint density at radius 2 is 2.19 bits per heavy atom. The molecule has 0 amide bonds. The zero-order chi connectivity index (χ0) is 11.8. The molecule has 0 atom stereocenters. The molecule has 0 aliphatic heterocycles. The molecule has 0 aromatic heterocycles. The van der Waals surface area contributed by atoms with Gasteiger partial charge in [0.1, 0.15) is 5.75 Å². The second kappa shape index (κ2) is 7.07. The highest BCUT2D eigenvalue weighted by atomic mass is 16.5. The number of ether oxygens (including phenoxy) is 1. The standard InChI is InChI=1S/C14H20O2/c1-3-8-16-14-7-5-6-13(10-14)9-12(4-2)11-15/h5-7,9-10,15H,3-4,8,11H2,1-2H3. The Labute approximate surface area is 97.6 Å². The Kier molecular flexibility index (Phi) is 5.65. The van der Waals surface area contributed by atoms with Crippen LogP contribution in [0.15, 0.2) is 29.8 Å². The third kappa shape index (κ3) is 4.07. The van der Waals surface area contributed by atoms with Gasteiger partial charge in [-0.3, -0.25) is 0 Å². The van der Waals surface area contributed by atoms with Crippen molar-refractivity contribution in [3.8, 4) is 5.75 Å². The first kappa shape index (κ1) is 12.8. The SMILES string of the molecule is CCCOc1cccc(C=C(CC)CO)c1. The molecule has 0 unspecified atom stereocenters. The molecular weight excluding hydrogens is 200 g/mol. The summed E-state index contributed by atoms with van der Waals surface area (Å²) in [7, 11) is 0. The van der Waals surface area contributed by atoms with E-state index in [1.165, 1.54) is 0 Å². The average Bonchev–Trinajstić information content (AvgIpc) is 2.34. The normalized spacial score (nSPS) is 11.6. The molecule has 0 saturated carbocycles. The molecule has 16 heavy (non-hydrogen) atoms. The van der Waals surface area contributed by atoms with E-state index in [0.717, 1.165) is 36.3 Å². The van der Waals surface area contributed by atoms with Crippen molar-refractivity contribution < 1.29 is 9.84 Å². The maximum atomic E-state index is 9.10. The van der Waals surface area contributed by atoms with Crippen LogP contribution in [0, 0.1) is 0 Å². The number of rotatable bonds is 6. The molecule has 0 aliphatic carbocycles. The molecule has 0 spiro atoms. The predicted molar refractivity (Wildman–Crippen MR) is 67.6 cm³/mol. The van der Waals surface area contributed by atoms with Crippen LogP contribution in [-0.2, 0) is 0 Å². The molecule has 88 valence electrons. The molecule has 0 radical (unpaired) electrons. The number of benzene rings is 1. The highest BCUT2D eigenvalue weighted by Crippen LogP contribution is 2.16. The quantitative estimate of drug-likeness (QED) is 0.797. The van der Waals surface area contributed by atoms with Crippen LogP contribution in [0.1, 0.15) is 32.3 Å². The minimum atomic E-state index is 0.122. The molecule has 0 saturated heterocycles. The lowest BCUT2D eigenvalue weighted by atomic mass is 10.1. The lowest BCUT2D eigenvalue weighted by Crippen LogP contribution is -1.95. The fourth-order valence-corrected chi connectivity index (χ4v) is 1.41. The number of aliphatic hydroxyl groups excluding tert-OH is 1. The Balaban J connectivity index is 2.77. The molecule has 0 heterocycles. The number of aliphatic hydroxyl groups is 1. The second-order valence-corrected chi connectivity index (χ2v) is 3.74. The maximum Gasteiger partial charge on any atom is 0.119 e. The molecular formula is C14H20O2. The van der Waals surface area contributed by atoms with Gasteiger partial charge in [-0.1, -0.05) is 32.1 Å². The fraction of sp³-hybridized carbons (Fsp3) is 0.429. The highest BCUT2D eigenvalue weighted by Gasteiger charge is 1.96. The van der Waals surface area contributed by atoms with Gasteiger partial charge in [-0.15, -0.1) is 0 Å². The summed E-state index contributed by atoms with van der Waals surface area (Å²) in [6, 6.07) is 7.95. The molecule has 2 nitrogen and oxygen atoms in total. The van der Waals surface area contributed by atoms with E-state index in [1.54, 1.807) is 0 Å². The molecule has 0 fully saturated rings. The molecule has 0 bridgehead atoms. The molecule has 1 N–H and O–H groups in total. The third-order valence-electron chi connectivity index (χ3n) is 2.36. The van der Waals surface area contributed by atoms with E-state index in [9.17, 15) is 0 Å². The van der Waals surface area contributed by atoms with E-state index >= 15 is 0 Å². The van der Waals surface area contributed by atoms with Crippen molar-refractivity contribution >= 4 is 6.08 Å². The van der Waals surface area contributed by atoms with E-state index in [4.69, 9.17) is 9.84 Å². The minimum absolute atomic E-state index is 0.122. The first-order valence-electron chi connectivity index (χ1n) is 5.83. The molecule has 0 aliphatic rings. The topological polar surface area (TPSA) is 29.5 Å². The zero-order valence-electron chi connectivity index (χ0n) is 10.1. The van der Waals surface area contributed by atoms with Crippen LogP contribution in [0.4, 0.5) is 0 Å². The Morgan fingerprint density at radius 1 is 1.38 bits per heavy atom. The van der Waals surface area contributed by atoms with Gasteiger partial charge in [0, 0.05) is 0 Å². The average molecular weight is 220 g/mol. The monoisotopic (exact) mass is 220 g/mol. The van der Waals surface area contributed by atoms with Gasteiger partial charge in [0.15, 0.2) is 0 Å². The summed E-state index contributed by atoms with van der Waals surface area (Å²) < 4.78 is 5.55. The van der Waals surface area contributed by atoms with E-state index in [0.29, 0.717) is 0 Å². The van der Waals surface area contributed by atoms with Crippen molar-refractivity contribution in [2.45, 2.75) is 26.7 Å². The van der Waals surface area contributed by atoms with Crippen molar-refractivity contribution in [2.75, 3.05) is 13.2 Å². The summed E-state index contributed by atoms with van der Waals surface area (Å²) in [6.45, 7) is 4.99.